The first-order chi connectivity index (χ1) is 17.6. The third kappa shape index (κ3) is 4.05. The molecule has 1 aliphatic heterocycles. The van der Waals surface area contributed by atoms with Gasteiger partial charge < -0.3 is 24.3 Å². The lowest BCUT2D eigenvalue weighted by Crippen LogP contribution is -2.60. The molecule has 8 nitrogen and oxygen atoms in total. The van der Waals surface area contributed by atoms with E-state index in [4.69, 9.17) is 0 Å². The number of aromatic nitrogens is 4. The fourth-order valence-corrected chi connectivity index (χ4v) is 5.16. The summed E-state index contributed by atoms with van der Waals surface area (Å²) >= 11 is 0. The van der Waals surface area contributed by atoms with E-state index in [1.54, 1.807) is 16.2 Å². The highest BCUT2D eigenvalue weighted by Crippen LogP contribution is 2.47. The molecule has 0 spiro atoms. The Hall–Kier alpha value is -3.77. The zero-order valence-electron chi connectivity index (χ0n) is 19.4. The number of aliphatic hydroxyl groups is 2. The van der Waals surface area contributed by atoms with E-state index in [0.29, 0.717) is 30.3 Å². The van der Waals surface area contributed by atoms with Crippen LogP contribution in [-0.2, 0) is 0 Å². The molecule has 6 rings (SSSR count). The minimum atomic E-state index is -3.17. The number of halogens is 4. The number of rotatable bonds is 5. The van der Waals surface area contributed by atoms with Crippen molar-refractivity contribution in [3.8, 4) is 16.9 Å². The first-order valence-electron chi connectivity index (χ1n) is 11.5. The van der Waals surface area contributed by atoms with Crippen LogP contribution in [0, 0.1) is 11.6 Å². The molecule has 37 heavy (non-hydrogen) atoms. The number of β-amino-alcohol motifs (C(OH)–C–C–N with tert-alkyl or cyclic N) is 1. The highest BCUT2D eigenvalue weighted by Gasteiger charge is 2.39. The van der Waals surface area contributed by atoms with Crippen molar-refractivity contribution in [2.45, 2.75) is 37.6 Å². The maximum absolute atomic E-state index is 15.1. The number of fused-ring (bicyclic) bond motifs is 3. The Bertz CT molecular complexity index is 1500. The Balaban J connectivity index is 1.41. The van der Waals surface area contributed by atoms with Crippen molar-refractivity contribution in [3.63, 3.8) is 0 Å². The topological polar surface area (TPSA) is 96.0 Å². The molecular weight excluding hydrogens is 494 g/mol. The smallest absolute Gasteiger partial charge is 0.387 e. The molecule has 192 valence electrons. The molecule has 3 aromatic heterocycles. The van der Waals surface area contributed by atoms with Crippen LogP contribution < -0.4 is 9.64 Å². The van der Waals surface area contributed by atoms with Crippen molar-refractivity contribution < 1.29 is 32.5 Å². The van der Waals surface area contributed by atoms with Gasteiger partial charge in [-0.2, -0.15) is 8.78 Å². The lowest BCUT2D eigenvalue weighted by atomic mass is 9.95. The first-order valence-corrected chi connectivity index (χ1v) is 11.5. The van der Waals surface area contributed by atoms with E-state index >= 15 is 4.39 Å². The SMILES string of the molecule is CC1(O)CN(c2ncc(-c3cn4c5c(nc4cc3F)[C@H](O)C[C@@H]5c3ccc(F)cc3OC(F)F)cn2)C1. The highest BCUT2D eigenvalue weighted by molar-refractivity contribution is 5.66. The molecule has 2 N–H and O–H groups in total. The summed E-state index contributed by atoms with van der Waals surface area (Å²) in [6.07, 6.45) is 3.50. The van der Waals surface area contributed by atoms with Crippen LogP contribution in [-0.4, -0.2) is 54.9 Å². The molecule has 0 bridgehead atoms. The van der Waals surface area contributed by atoms with Crippen molar-refractivity contribution in [2.24, 2.45) is 0 Å². The molecular formula is C25H21F4N5O3. The molecule has 0 unspecified atom stereocenters. The predicted octanol–water partition coefficient (Wildman–Crippen LogP) is 3.81. The number of pyridine rings is 1. The fraction of sp³-hybridized carbons (Fsp3) is 0.320. The number of ether oxygens (including phenoxy) is 1. The van der Waals surface area contributed by atoms with Crippen LogP contribution in [0.4, 0.5) is 23.5 Å². The predicted molar refractivity (Wildman–Crippen MR) is 123 cm³/mol. The van der Waals surface area contributed by atoms with Crippen LogP contribution in [0.5, 0.6) is 5.75 Å². The molecule has 0 saturated carbocycles. The fourth-order valence-electron chi connectivity index (χ4n) is 5.16. The number of aliphatic hydroxyl groups excluding tert-OH is 1. The molecule has 1 saturated heterocycles. The van der Waals surface area contributed by atoms with Gasteiger partial charge in [-0.1, -0.05) is 6.07 Å². The Kier molecular flexibility index (Phi) is 5.35. The summed E-state index contributed by atoms with van der Waals surface area (Å²) in [7, 11) is 0. The average Bonchev–Trinajstić information content (AvgIpc) is 3.33. The van der Waals surface area contributed by atoms with Crippen molar-refractivity contribution in [3.05, 3.63) is 71.4 Å². The number of anilines is 1. The average molecular weight is 515 g/mol. The number of benzene rings is 1. The minimum absolute atomic E-state index is 0.107. The Morgan fingerprint density at radius 3 is 2.54 bits per heavy atom. The Morgan fingerprint density at radius 2 is 1.86 bits per heavy atom. The Morgan fingerprint density at radius 1 is 1.14 bits per heavy atom. The molecule has 4 aromatic rings. The minimum Gasteiger partial charge on any atom is -0.434 e. The number of hydrogen-bond acceptors (Lipinski definition) is 7. The maximum atomic E-state index is 15.1. The maximum Gasteiger partial charge on any atom is 0.387 e. The summed E-state index contributed by atoms with van der Waals surface area (Å²) in [6.45, 7) is -0.680. The van der Waals surface area contributed by atoms with Gasteiger partial charge in [0.15, 0.2) is 0 Å². The van der Waals surface area contributed by atoms with Gasteiger partial charge in [-0.25, -0.2) is 23.7 Å². The molecule has 0 amide bonds. The second-order valence-corrected chi connectivity index (χ2v) is 9.64. The summed E-state index contributed by atoms with van der Waals surface area (Å²) < 4.78 is 61.2. The number of imidazole rings is 1. The summed E-state index contributed by atoms with van der Waals surface area (Å²) in [5.41, 5.74) is 0.973. The molecule has 2 atom stereocenters. The van der Waals surface area contributed by atoms with Crippen molar-refractivity contribution in [1.29, 1.82) is 0 Å². The normalized spacial score (nSPS) is 20.4. The van der Waals surface area contributed by atoms with Gasteiger partial charge in [0, 0.05) is 53.3 Å². The van der Waals surface area contributed by atoms with Crippen LogP contribution >= 0.6 is 0 Å². The van der Waals surface area contributed by atoms with Crippen molar-refractivity contribution >= 4 is 11.6 Å². The highest BCUT2D eigenvalue weighted by atomic mass is 19.3. The van der Waals surface area contributed by atoms with Crippen LogP contribution in [0.25, 0.3) is 16.8 Å². The molecule has 2 aliphatic rings. The van der Waals surface area contributed by atoms with Crippen LogP contribution in [0.1, 0.15) is 42.3 Å². The zero-order valence-corrected chi connectivity index (χ0v) is 19.4. The summed E-state index contributed by atoms with van der Waals surface area (Å²) in [6, 6.07) is 4.54. The standard InChI is InChI=1S/C25H21F4N5O3/c1-25(36)10-33(11-25)24-30-7-12(8-31-24)16-9-34-20(6-17(16)27)32-21-18(35)5-15(22(21)34)14-3-2-13(26)4-19(14)37-23(28)29/h2-4,6-9,15,18,23,35-36H,5,10-11H2,1H3/t15-,18-/m1/s1. The van der Waals surface area contributed by atoms with E-state index in [0.717, 1.165) is 12.1 Å². The second-order valence-electron chi connectivity index (χ2n) is 9.64. The van der Waals surface area contributed by atoms with Gasteiger partial charge in [0.25, 0.3) is 0 Å². The third-order valence-electron chi connectivity index (χ3n) is 6.74. The van der Waals surface area contributed by atoms with Gasteiger partial charge in [-0.15, -0.1) is 0 Å². The van der Waals surface area contributed by atoms with E-state index in [-0.39, 0.29) is 34.6 Å². The lowest BCUT2D eigenvalue weighted by Gasteiger charge is -2.44. The van der Waals surface area contributed by atoms with Gasteiger partial charge in [-0.05, 0) is 19.4 Å². The largest absolute Gasteiger partial charge is 0.434 e. The van der Waals surface area contributed by atoms with Crippen LogP contribution in [0.2, 0.25) is 0 Å². The van der Waals surface area contributed by atoms with E-state index in [1.165, 1.54) is 30.7 Å². The van der Waals surface area contributed by atoms with E-state index in [1.807, 2.05) is 0 Å². The van der Waals surface area contributed by atoms with E-state index in [9.17, 15) is 23.4 Å². The van der Waals surface area contributed by atoms with Gasteiger partial charge in [0.2, 0.25) is 5.95 Å². The molecule has 1 fully saturated rings. The van der Waals surface area contributed by atoms with Gasteiger partial charge >= 0.3 is 6.61 Å². The quantitative estimate of drug-likeness (QED) is 0.391. The van der Waals surface area contributed by atoms with E-state index in [2.05, 4.69) is 19.7 Å². The van der Waals surface area contributed by atoms with Gasteiger partial charge in [-0.3, -0.25) is 0 Å². The Labute approximate surface area is 207 Å². The number of nitrogens with zero attached hydrogens (tertiary/aromatic N) is 5. The third-order valence-corrected chi connectivity index (χ3v) is 6.74. The lowest BCUT2D eigenvalue weighted by molar-refractivity contribution is -0.0507. The molecule has 4 heterocycles. The second kappa shape index (κ2) is 8.38. The van der Waals surface area contributed by atoms with Gasteiger partial charge in [0.1, 0.15) is 23.0 Å². The molecule has 0 radical (unpaired) electrons. The summed E-state index contributed by atoms with van der Waals surface area (Å²) in [5.74, 6) is -1.93. The monoisotopic (exact) mass is 515 g/mol. The number of alkyl halides is 2. The van der Waals surface area contributed by atoms with Crippen LogP contribution in [0.15, 0.2) is 42.9 Å². The molecule has 1 aliphatic carbocycles. The van der Waals surface area contributed by atoms with Gasteiger partial charge in [0.05, 0.1) is 36.2 Å². The zero-order chi connectivity index (χ0) is 26.1. The van der Waals surface area contributed by atoms with Crippen molar-refractivity contribution in [1.82, 2.24) is 19.4 Å². The van der Waals surface area contributed by atoms with E-state index < -0.39 is 35.9 Å². The molecule has 12 heteroatoms. The number of hydrogen-bond donors (Lipinski definition) is 2. The van der Waals surface area contributed by atoms with Crippen LogP contribution in [0.3, 0.4) is 0 Å². The molecule has 1 aromatic carbocycles. The first kappa shape index (κ1) is 23.6. The summed E-state index contributed by atoms with van der Waals surface area (Å²) in [4.78, 5) is 14.8. The van der Waals surface area contributed by atoms with Crippen molar-refractivity contribution in [2.75, 3.05) is 18.0 Å². The summed E-state index contributed by atoms with van der Waals surface area (Å²) in [5, 5.41) is 20.6.